The molecule has 1 aliphatic heterocycles. The van der Waals surface area contributed by atoms with Crippen molar-refractivity contribution in [3.05, 3.63) is 21.4 Å². The maximum atomic E-state index is 2.62. The zero-order valence-corrected chi connectivity index (χ0v) is 10.7. The molecule has 1 aliphatic rings. The van der Waals surface area contributed by atoms with Crippen molar-refractivity contribution in [3.8, 4) is 0 Å². The molecule has 2 heterocycles. The second-order valence-electron chi connectivity index (χ2n) is 4.49. The Hall–Kier alpha value is -0.340. The number of likely N-dealkylation sites (tertiary alicyclic amines) is 1. The van der Waals surface area contributed by atoms with Gasteiger partial charge in [0, 0.05) is 11.4 Å². The second kappa shape index (κ2) is 5.13. The minimum atomic E-state index is 1.19. The summed E-state index contributed by atoms with van der Waals surface area (Å²) in [4.78, 5) is 4.13. The van der Waals surface area contributed by atoms with E-state index in [9.17, 15) is 0 Å². The van der Waals surface area contributed by atoms with Gasteiger partial charge in [0.25, 0.3) is 0 Å². The van der Waals surface area contributed by atoms with Crippen LogP contribution in [0.25, 0.3) is 0 Å². The van der Waals surface area contributed by atoms with Gasteiger partial charge >= 0.3 is 0 Å². The van der Waals surface area contributed by atoms with Crippen LogP contribution in [0.5, 0.6) is 0 Å². The standard InChI is InChI=1S/C13H21NS/c1-3-13-11(2)15-10-12(13)9-14-7-5-4-6-8-14/h10H,3-9H2,1-2H3. The molecule has 84 valence electrons. The minimum absolute atomic E-state index is 1.19. The fourth-order valence-corrected chi connectivity index (χ4v) is 3.45. The summed E-state index contributed by atoms with van der Waals surface area (Å²) in [5, 5.41) is 2.36. The molecular weight excluding hydrogens is 202 g/mol. The molecule has 0 amide bonds. The lowest BCUT2D eigenvalue weighted by Gasteiger charge is -2.26. The van der Waals surface area contributed by atoms with Crippen LogP contribution in [-0.4, -0.2) is 18.0 Å². The smallest absolute Gasteiger partial charge is 0.0244 e. The Kier molecular flexibility index (Phi) is 3.81. The molecule has 1 aromatic rings. The van der Waals surface area contributed by atoms with Crippen LogP contribution >= 0.6 is 11.3 Å². The van der Waals surface area contributed by atoms with Gasteiger partial charge in [-0.3, -0.25) is 4.90 Å². The van der Waals surface area contributed by atoms with Gasteiger partial charge in [0.15, 0.2) is 0 Å². The topological polar surface area (TPSA) is 3.24 Å². The van der Waals surface area contributed by atoms with Gasteiger partial charge in [-0.05, 0) is 55.8 Å². The van der Waals surface area contributed by atoms with E-state index in [-0.39, 0.29) is 0 Å². The lowest BCUT2D eigenvalue weighted by molar-refractivity contribution is 0.220. The zero-order valence-electron chi connectivity index (χ0n) is 9.88. The molecule has 1 fully saturated rings. The van der Waals surface area contributed by atoms with Gasteiger partial charge in [0.2, 0.25) is 0 Å². The average Bonchev–Trinajstić information content (AvgIpc) is 2.61. The van der Waals surface area contributed by atoms with E-state index >= 15 is 0 Å². The van der Waals surface area contributed by atoms with E-state index in [1.54, 1.807) is 11.1 Å². The predicted octanol–water partition coefficient (Wildman–Crippen LogP) is 3.60. The summed E-state index contributed by atoms with van der Waals surface area (Å²) in [6, 6.07) is 0. The number of thiophene rings is 1. The van der Waals surface area contributed by atoms with Gasteiger partial charge in [-0.25, -0.2) is 0 Å². The molecule has 2 rings (SSSR count). The molecule has 0 saturated carbocycles. The van der Waals surface area contributed by atoms with Crippen molar-refractivity contribution in [1.29, 1.82) is 0 Å². The average molecular weight is 223 g/mol. The van der Waals surface area contributed by atoms with Crippen LogP contribution in [0, 0.1) is 6.92 Å². The molecule has 0 atom stereocenters. The Balaban J connectivity index is 2.02. The Labute approximate surface area is 97.1 Å². The Bertz CT molecular complexity index is 310. The fourth-order valence-electron chi connectivity index (χ4n) is 2.50. The normalized spacial score (nSPS) is 18.3. The van der Waals surface area contributed by atoms with E-state index in [1.807, 2.05) is 11.3 Å². The van der Waals surface area contributed by atoms with Crippen molar-refractivity contribution in [2.45, 2.75) is 46.1 Å². The SMILES string of the molecule is CCc1c(CN2CCCCC2)csc1C. The second-order valence-corrected chi connectivity index (χ2v) is 5.57. The van der Waals surface area contributed by atoms with E-state index in [0.717, 1.165) is 0 Å². The summed E-state index contributed by atoms with van der Waals surface area (Å²) in [5.41, 5.74) is 3.19. The monoisotopic (exact) mass is 223 g/mol. The first-order valence-electron chi connectivity index (χ1n) is 6.09. The van der Waals surface area contributed by atoms with Crippen LogP contribution in [-0.2, 0) is 13.0 Å². The van der Waals surface area contributed by atoms with Crippen LogP contribution in [0.3, 0.4) is 0 Å². The highest BCUT2D eigenvalue weighted by molar-refractivity contribution is 7.10. The molecule has 0 radical (unpaired) electrons. The predicted molar refractivity (Wildman–Crippen MR) is 67.6 cm³/mol. The molecule has 0 spiro atoms. The van der Waals surface area contributed by atoms with Gasteiger partial charge in [-0.2, -0.15) is 0 Å². The number of piperidine rings is 1. The zero-order chi connectivity index (χ0) is 10.7. The molecule has 1 aromatic heterocycles. The first-order valence-corrected chi connectivity index (χ1v) is 6.97. The highest BCUT2D eigenvalue weighted by Gasteiger charge is 2.13. The van der Waals surface area contributed by atoms with E-state index in [2.05, 4.69) is 24.1 Å². The van der Waals surface area contributed by atoms with Crippen molar-refractivity contribution in [1.82, 2.24) is 4.90 Å². The molecule has 2 heteroatoms. The summed E-state index contributed by atoms with van der Waals surface area (Å²) in [6.07, 6.45) is 5.41. The van der Waals surface area contributed by atoms with Crippen molar-refractivity contribution in [2.24, 2.45) is 0 Å². The summed E-state index contributed by atoms with van der Waals surface area (Å²) in [7, 11) is 0. The maximum absolute atomic E-state index is 2.62. The van der Waals surface area contributed by atoms with Gasteiger partial charge in [-0.1, -0.05) is 13.3 Å². The minimum Gasteiger partial charge on any atom is -0.299 e. The fraction of sp³-hybridized carbons (Fsp3) is 0.692. The van der Waals surface area contributed by atoms with Crippen molar-refractivity contribution in [2.75, 3.05) is 13.1 Å². The summed E-state index contributed by atoms with van der Waals surface area (Å²) in [5.74, 6) is 0. The van der Waals surface area contributed by atoms with Gasteiger partial charge in [0.1, 0.15) is 0 Å². The van der Waals surface area contributed by atoms with E-state index in [4.69, 9.17) is 0 Å². The number of nitrogens with zero attached hydrogens (tertiary/aromatic N) is 1. The van der Waals surface area contributed by atoms with E-state index in [1.165, 1.54) is 50.2 Å². The largest absolute Gasteiger partial charge is 0.299 e. The lowest BCUT2D eigenvalue weighted by Crippen LogP contribution is -2.29. The lowest BCUT2D eigenvalue weighted by atomic mass is 10.1. The molecular formula is C13H21NS. The third-order valence-corrected chi connectivity index (χ3v) is 4.39. The Morgan fingerprint density at radius 1 is 1.27 bits per heavy atom. The highest BCUT2D eigenvalue weighted by atomic mass is 32.1. The summed E-state index contributed by atoms with van der Waals surface area (Å²) in [6.45, 7) is 8.32. The van der Waals surface area contributed by atoms with E-state index < -0.39 is 0 Å². The molecule has 1 nitrogen and oxygen atoms in total. The quantitative estimate of drug-likeness (QED) is 0.756. The molecule has 0 aromatic carbocycles. The van der Waals surface area contributed by atoms with Crippen molar-refractivity contribution < 1.29 is 0 Å². The van der Waals surface area contributed by atoms with Gasteiger partial charge in [-0.15, -0.1) is 11.3 Å². The maximum Gasteiger partial charge on any atom is 0.0244 e. The van der Waals surface area contributed by atoms with Gasteiger partial charge in [0.05, 0.1) is 0 Å². The third-order valence-electron chi connectivity index (χ3n) is 3.39. The van der Waals surface area contributed by atoms with Crippen molar-refractivity contribution in [3.63, 3.8) is 0 Å². The summed E-state index contributed by atoms with van der Waals surface area (Å²) < 4.78 is 0. The van der Waals surface area contributed by atoms with E-state index in [0.29, 0.717) is 0 Å². The first kappa shape index (κ1) is 11.2. The third kappa shape index (κ3) is 2.61. The highest BCUT2D eigenvalue weighted by Crippen LogP contribution is 2.24. The van der Waals surface area contributed by atoms with Crippen LogP contribution in [0.2, 0.25) is 0 Å². The van der Waals surface area contributed by atoms with Gasteiger partial charge < -0.3 is 0 Å². The number of hydrogen-bond donors (Lipinski definition) is 0. The Morgan fingerprint density at radius 3 is 2.67 bits per heavy atom. The molecule has 0 N–H and O–H groups in total. The molecule has 0 bridgehead atoms. The number of aryl methyl sites for hydroxylation is 1. The molecule has 15 heavy (non-hydrogen) atoms. The summed E-state index contributed by atoms with van der Waals surface area (Å²) >= 11 is 1.92. The van der Waals surface area contributed by atoms with Crippen molar-refractivity contribution >= 4 is 11.3 Å². The molecule has 0 aliphatic carbocycles. The molecule has 1 saturated heterocycles. The first-order chi connectivity index (χ1) is 7.31. The van der Waals surface area contributed by atoms with Crippen LogP contribution in [0.4, 0.5) is 0 Å². The van der Waals surface area contributed by atoms with Crippen LogP contribution in [0.15, 0.2) is 5.38 Å². The number of hydrogen-bond acceptors (Lipinski definition) is 2. The Morgan fingerprint density at radius 2 is 2.00 bits per heavy atom. The molecule has 0 unspecified atom stereocenters. The number of rotatable bonds is 3. The van der Waals surface area contributed by atoms with Crippen LogP contribution in [0.1, 0.15) is 42.2 Å². The van der Waals surface area contributed by atoms with Crippen LogP contribution < -0.4 is 0 Å².